The van der Waals surface area contributed by atoms with E-state index in [4.69, 9.17) is 0 Å². The van der Waals surface area contributed by atoms with E-state index < -0.39 is 0 Å². The fourth-order valence-electron chi connectivity index (χ4n) is 3.70. The molecule has 0 radical (unpaired) electrons. The number of hydrogen-bond donors (Lipinski definition) is 1. The van der Waals surface area contributed by atoms with Gasteiger partial charge in [0.2, 0.25) is 5.91 Å². The van der Waals surface area contributed by atoms with Crippen LogP contribution in [0.1, 0.15) is 38.5 Å². The van der Waals surface area contributed by atoms with Crippen LogP contribution in [0, 0.1) is 11.8 Å². The second-order valence-electron chi connectivity index (χ2n) is 5.70. The first-order chi connectivity index (χ1) is 7.84. The number of amides is 1. The van der Waals surface area contributed by atoms with Crippen LogP contribution < -0.4 is 5.32 Å². The van der Waals surface area contributed by atoms with Gasteiger partial charge >= 0.3 is 0 Å². The van der Waals surface area contributed by atoms with E-state index in [0.29, 0.717) is 5.91 Å². The summed E-state index contributed by atoms with van der Waals surface area (Å²) < 4.78 is 0. The molecule has 2 aliphatic heterocycles. The van der Waals surface area contributed by atoms with Crippen LogP contribution in [0.25, 0.3) is 0 Å². The van der Waals surface area contributed by atoms with Crippen LogP contribution in [0.4, 0.5) is 0 Å². The minimum absolute atomic E-state index is 0. The van der Waals surface area contributed by atoms with Crippen molar-refractivity contribution in [2.24, 2.45) is 11.8 Å². The lowest BCUT2D eigenvalue weighted by Gasteiger charge is -2.22. The van der Waals surface area contributed by atoms with Gasteiger partial charge in [0.1, 0.15) is 0 Å². The van der Waals surface area contributed by atoms with E-state index in [2.05, 4.69) is 10.2 Å². The van der Waals surface area contributed by atoms with Gasteiger partial charge < -0.3 is 10.2 Å². The molecule has 1 amide bonds. The molecule has 0 aromatic carbocycles. The summed E-state index contributed by atoms with van der Waals surface area (Å²) in [6.45, 7) is 3.11. The Hall–Kier alpha value is -0.280. The zero-order valence-corrected chi connectivity index (χ0v) is 11.2. The number of halogens is 1. The van der Waals surface area contributed by atoms with Gasteiger partial charge in [-0.15, -0.1) is 12.4 Å². The Kier molecular flexibility index (Phi) is 4.31. The van der Waals surface area contributed by atoms with Crippen molar-refractivity contribution >= 4 is 18.3 Å². The predicted octanol–water partition coefficient (Wildman–Crippen LogP) is 1.81. The molecule has 0 aromatic rings. The molecule has 3 nitrogen and oxygen atoms in total. The van der Waals surface area contributed by atoms with E-state index in [1.807, 2.05) is 0 Å². The molecule has 0 spiro atoms. The minimum Gasteiger partial charge on any atom is -0.341 e. The zero-order chi connectivity index (χ0) is 11.0. The van der Waals surface area contributed by atoms with Crippen molar-refractivity contribution in [3.05, 3.63) is 0 Å². The fourth-order valence-corrected chi connectivity index (χ4v) is 3.70. The molecule has 1 saturated carbocycles. The van der Waals surface area contributed by atoms with Gasteiger partial charge in [0.15, 0.2) is 0 Å². The van der Waals surface area contributed by atoms with E-state index >= 15 is 0 Å². The van der Waals surface area contributed by atoms with Gasteiger partial charge in [-0.25, -0.2) is 0 Å². The fraction of sp³-hybridized carbons (Fsp3) is 0.923. The number of nitrogens with zero attached hydrogens (tertiary/aromatic N) is 1. The van der Waals surface area contributed by atoms with Crippen LogP contribution in [0.3, 0.4) is 0 Å². The SMILES string of the molecule is Cl.O=C([C@@H]1CCCN1)N1CC2CCCCC2C1. The van der Waals surface area contributed by atoms with Gasteiger partial charge in [0.25, 0.3) is 0 Å². The summed E-state index contributed by atoms with van der Waals surface area (Å²) in [7, 11) is 0. The van der Waals surface area contributed by atoms with Crippen molar-refractivity contribution in [3.63, 3.8) is 0 Å². The molecule has 3 aliphatic rings. The van der Waals surface area contributed by atoms with Gasteiger partial charge in [0.05, 0.1) is 6.04 Å². The minimum atomic E-state index is 0. The summed E-state index contributed by atoms with van der Waals surface area (Å²) in [5, 5.41) is 3.32. The molecular formula is C13H23ClN2O. The number of hydrogen-bond acceptors (Lipinski definition) is 2. The Bertz CT molecular complexity index is 265. The van der Waals surface area contributed by atoms with Crippen molar-refractivity contribution in [2.45, 2.75) is 44.6 Å². The summed E-state index contributed by atoms with van der Waals surface area (Å²) in [4.78, 5) is 14.4. The van der Waals surface area contributed by atoms with Crippen molar-refractivity contribution in [1.29, 1.82) is 0 Å². The third-order valence-electron chi connectivity index (χ3n) is 4.65. The summed E-state index contributed by atoms with van der Waals surface area (Å²) in [5.74, 6) is 2.02. The number of nitrogens with one attached hydrogen (secondary N) is 1. The highest BCUT2D eigenvalue weighted by atomic mass is 35.5. The molecule has 2 unspecified atom stereocenters. The topological polar surface area (TPSA) is 32.3 Å². The van der Waals surface area contributed by atoms with Crippen LogP contribution in [0.15, 0.2) is 0 Å². The lowest BCUT2D eigenvalue weighted by molar-refractivity contribution is -0.132. The second kappa shape index (κ2) is 5.57. The molecule has 4 heteroatoms. The summed E-state index contributed by atoms with van der Waals surface area (Å²) in [6, 6.07) is 0.139. The largest absolute Gasteiger partial charge is 0.341 e. The van der Waals surface area contributed by atoms with Gasteiger partial charge in [-0.1, -0.05) is 12.8 Å². The predicted molar refractivity (Wildman–Crippen MR) is 70.3 cm³/mol. The molecule has 1 N–H and O–H groups in total. The first-order valence-electron chi connectivity index (χ1n) is 6.87. The Morgan fingerprint density at radius 1 is 1.00 bits per heavy atom. The van der Waals surface area contributed by atoms with E-state index in [9.17, 15) is 4.79 Å². The van der Waals surface area contributed by atoms with Crippen LogP contribution in [-0.4, -0.2) is 36.5 Å². The lowest BCUT2D eigenvalue weighted by Crippen LogP contribution is -2.42. The van der Waals surface area contributed by atoms with Crippen molar-refractivity contribution in [3.8, 4) is 0 Å². The van der Waals surface area contributed by atoms with Crippen molar-refractivity contribution in [1.82, 2.24) is 10.2 Å². The van der Waals surface area contributed by atoms with E-state index in [-0.39, 0.29) is 18.4 Å². The average Bonchev–Trinajstić information content (AvgIpc) is 2.97. The Morgan fingerprint density at radius 2 is 1.65 bits per heavy atom. The monoisotopic (exact) mass is 258 g/mol. The molecule has 98 valence electrons. The van der Waals surface area contributed by atoms with Crippen molar-refractivity contribution in [2.75, 3.05) is 19.6 Å². The molecule has 3 fully saturated rings. The maximum atomic E-state index is 12.3. The number of fused-ring (bicyclic) bond motifs is 1. The quantitative estimate of drug-likeness (QED) is 0.778. The molecule has 1 aliphatic carbocycles. The average molecular weight is 259 g/mol. The maximum absolute atomic E-state index is 12.3. The molecule has 3 atom stereocenters. The zero-order valence-electron chi connectivity index (χ0n) is 10.4. The number of rotatable bonds is 1. The molecule has 2 saturated heterocycles. The first kappa shape index (κ1) is 13.2. The highest BCUT2D eigenvalue weighted by Gasteiger charge is 2.38. The third-order valence-corrected chi connectivity index (χ3v) is 4.65. The van der Waals surface area contributed by atoms with Gasteiger partial charge in [0, 0.05) is 13.1 Å². The van der Waals surface area contributed by atoms with Gasteiger partial charge in [-0.2, -0.15) is 0 Å². The molecular weight excluding hydrogens is 236 g/mol. The lowest BCUT2D eigenvalue weighted by atomic mass is 9.82. The standard InChI is InChI=1S/C13H22N2O.ClH/c16-13(12-6-3-7-14-12)15-8-10-4-1-2-5-11(10)9-15;/h10-12,14H,1-9H2;1H/t10?,11?,12-;/m0./s1. The van der Waals surface area contributed by atoms with Gasteiger partial charge in [-0.3, -0.25) is 4.79 Å². The van der Waals surface area contributed by atoms with E-state index in [1.165, 1.54) is 25.7 Å². The number of carbonyl (C=O) groups excluding carboxylic acids is 1. The van der Waals surface area contributed by atoms with Crippen molar-refractivity contribution < 1.29 is 4.79 Å². The smallest absolute Gasteiger partial charge is 0.239 e. The summed E-state index contributed by atoms with van der Waals surface area (Å²) in [5.41, 5.74) is 0. The Labute approximate surface area is 110 Å². The number of carbonyl (C=O) groups is 1. The highest BCUT2D eigenvalue weighted by Crippen LogP contribution is 2.36. The van der Waals surface area contributed by atoms with Crippen LogP contribution in [0.2, 0.25) is 0 Å². The first-order valence-corrected chi connectivity index (χ1v) is 6.87. The molecule has 3 rings (SSSR count). The van der Waals surface area contributed by atoms with E-state index in [1.54, 1.807) is 0 Å². The maximum Gasteiger partial charge on any atom is 0.239 e. The highest BCUT2D eigenvalue weighted by molar-refractivity contribution is 5.85. The number of likely N-dealkylation sites (tertiary alicyclic amines) is 1. The van der Waals surface area contributed by atoms with E-state index in [0.717, 1.165) is 44.3 Å². The van der Waals surface area contributed by atoms with Crippen LogP contribution in [-0.2, 0) is 4.79 Å². The van der Waals surface area contributed by atoms with Crippen LogP contribution >= 0.6 is 12.4 Å². The Morgan fingerprint density at radius 3 is 2.18 bits per heavy atom. The molecule has 17 heavy (non-hydrogen) atoms. The summed E-state index contributed by atoms with van der Waals surface area (Å²) in [6.07, 6.45) is 7.68. The third kappa shape index (κ3) is 2.60. The van der Waals surface area contributed by atoms with Crippen LogP contribution in [0.5, 0.6) is 0 Å². The summed E-state index contributed by atoms with van der Waals surface area (Å²) >= 11 is 0. The molecule has 2 heterocycles. The van der Waals surface area contributed by atoms with Gasteiger partial charge in [-0.05, 0) is 44.1 Å². The molecule has 0 aromatic heterocycles. The normalized spacial score (nSPS) is 36.5. The second-order valence-corrected chi connectivity index (χ2v) is 5.70. The Balaban J connectivity index is 0.00000108. The molecule has 0 bridgehead atoms.